The molecule has 0 aromatic heterocycles. The van der Waals surface area contributed by atoms with Crippen LogP contribution < -0.4 is 5.32 Å². The van der Waals surface area contributed by atoms with Crippen LogP contribution in [0.25, 0.3) is 0 Å². The van der Waals surface area contributed by atoms with Crippen LogP contribution in [0.5, 0.6) is 0 Å². The van der Waals surface area contributed by atoms with Crippen molar-refractivity contribution in [3.8, 4) is 0 Å². The van der Waals surface area contributed by atoms with Crippen molar-refractivity contribution in [3.63, 3.8) is 0 Å². The largest absolute Gasteiger partial charge is 0.352 e. The van der Waals surface area contributed by atoms with Gasteiger partial charge in [-0.25, -0.2) is 9.86 Å². The van der Waals surface area contributed by atoms with E-state index in [1.807, 2.05) is 4.81 Å². The van der Waals surface area contributed by atoms with Crippen LogP contribution in [0.4, 0.5) is 4.79 Å². The van der Waals surface area contributed by atoms with E-state index >= 15 is 0 Å². The number of carbonyl (C=O) groups excluding carboxylic acids is 3. The minimum atomic E-state index is -0.482. The van der Waals surface area contributed by atoms with Crippen LogP contribution in [-0.2, 0) is 9.59 Å². The Morgan fingerprint density at radius 3 is 2.86 bits per heavy atom. The van der Waals surface area contributed by atoms with Gasteiger partial charge < -0.3 is 19.8 Å². The molecule has 0 aromatic carbocycles. The van der Waals surface area contributed by atoms with Crippen molar-refractivity contribution in [1.82, 2.24) is 20.1 Å². The summed E-state index contributed by atoms with van der Waals surface area (Å²) in [6.07, 6.45) is 3.83. The Morgan fingerprint density at radius 1 is 1.36 bits per heavy atom. The van der Waals surface area contributed by atoms with Crippen LogP contribution in [0.2, 0.25) is 0 Å². The van der Waals surface area contributed by atoms with E-state index in [1.54, 1.807) is 7.41 Å². The van der Waals surface area contributed by atoms with E-state index in [-0.39, 0.29) is 18.0 Å². The molecular weight excluding hydrogens is 287 g/mol. The number of hydrogen-bond acceptors (Lipinski definition) is 5. The van der Waals surface area contributed by atoms with E-state index in [0.717, 1.165) is 43.6 Å². The molecule has 119 valence electrons. The number of fused-ring (bicyclic) bond motifs is 2. The molecule has 22 heavy (non-hydrogen) atoms. The third kappa shape index (κ3) is 2.82. The fraction of sp³-hybridized carbons (Fsp3) is 0.769. The van der Waals surface area contributed by atoms with E-state index in [4.69, 9.17) is 0 Å². The van der Waals surface area contributed by atoms with Crippen LogP contribution >= 0.6 is 0 Å². The minimum absolute atomic E-state index is 0.0678. The van der Waals surface area contributed by atoms with E-state index < -0.39 is 12.1 Å². The van der Waals surface area contributed by atoms with Gasteiger partial charge in [0.05, 0.1) is 12.2 Å². The van der Waals surface area contributed by atoms with Crippen molar-refractivity contribution in [2.24, 2.45) is 0 Å². The maximum Gasteiger partial charge on any atom is 0.344 e. The second-order valence-corrected chi connectivity index (χ2v) is 6.14. The molecule has 3 heterocycles. The second-order valence-electron chi connectivity index (χ2n) is 6.14. The van der Waals surface area contributed by atoms with Crippen molar-refractivity contribution in [1.29, 1.82) is 0 Å². The van der Waals surface area contributed by atoms with Crippen LogP contribution in [0.1, 0.15) is 25.7 Å². The average Bonchev–Trinajstić information content (AvgIpc) is 2.96. The number of nitrogens with zero attached hydrogens (tertiary/aromatic N) is 3. The number of urea groups is 1. The van der Waals surface area contributed by atoms with Gasteiger partial charge in [0, 0.05) is 19.0 Å². The maximum absolute atomic E-state index is 12.4. The Bertz CT molecular complexity index is 477. The molecule has 0 aliphatic carbocycles. The summed E-state index contributed by atoms with van der Waals surface area (Å²) < 4.78 is 0. The molecule has 3 fully saturated rings. The molecule has 3 saturated heterocycles. The van der Waals surface area contributed by atoms with Gasteiger partial charge in [0.2, 0.25) is 5.91 Å². The lowest BCUT2D eigenvalue weighted by Gasteiger charge is -2.29. The Hall–Kier alpha value is -1.61. The van der Waals surface area contributed by atoms with E-state index in [1.165, 1.54) is 4.90 Å². The topological polar surface area (TPSA) is 93.2 Å². The molecule has 8 nitrogen and oxygen atoms in total. The summed E-state index contributed by atoms with van der Waals surface area (Å²) in [4.78, 5) is 38.0. The first kappa shape index (κ1) is 15.3. The zero-order valence-corrected chi connectivity index (χ0v) is 12.4. The van der Waals surface area contributed by atoms with Gasteiger partial charge in [0.1, 0.15) is 6.04 Å². The minimum Gasteiger partial charge on any atom is -0.352 e. The molecule has 3 rings (SSSR count). The van der Waals surface area contributed by atoms with Gasteiger partial charge in [0.15, 0.2) is 0 Å². The Balaban J connectivity index is 1.52. The zero-order chi connectivity index (χ0) is 15.7. The van der Waals surface area contributed by atoms with Gasteiger partial charge in [-0.3, -0.25) is 10.0 Å². The first-order valence-electron chi connectivity index (χ1n) is 7.72. The monoisotopic (exact) mass is 307 g/mol. The fourth-order valence-corrected chi connectivity index (χ4v) is 3.53. The Labute approximate surface area is 129 Å². The molecule has 9 heteroatoms. The predicted octanol–water partition coefficient (Wildman–Crippen LogP) is -0.966. The third-order valence-electron chi connectivity index (χ3n) is 4.75. The summed E-state index contributed by atoms with van der Waals surface area (Å²) in [5.41, 5.74) is 0. The van der Waals surface area contributed by atoms with Crippen LogP contribution in [0.15, 0.2) is 0 Å². The first-order valence-corrected chi connectivity index (χ1v) is 7.72. The Kier molecular flexibility index (Phi) is 4.35. The predicted molar refractivity (Wildman–Crippen MR) is 77.8 cm³/mol. The maximum atomic E-state index is 12.4. The highest BCUT2D eigenvalue weighted by atomic mass is 16.5. The summed E-state index contributed by atoms with van der Waals surface area (Å²) in [6.45, 7) is 1.98. The summed E-state index contributed by atoms with van der Waals surface area (Å²) in [5.74, 6) is -0.137. The lowest BCUT2D eigenvalue weighted by molar-refractivity contribution is -0.128. The Morgan fingerprint density at radius 2 is 2.18 bits per heavy atom. The van der Waals surface area contributed by atoms with Crippen LogP contribution in [0.3, 0.4) is 0 Å². The number of hydrogen-bond donors (Lipinski definition) is 2. The van der Waals surface area contributed by atoms with Crippen LogP contribution in [0, 0.1) is 0 Å². The molecule has 3 amide bonds. The van der Waals surface area contributed by atoms with Gasteiger partial charge in [-0.1, -0.05) is 0 Å². The first-order chi connectivity index (χ1) is 10.6. The summed E-state index contributed by atoms with van der Waals surface area (Å²) in [5, 5.41) is 13.2. The lowest BCUT2D eigenvalue weighted by Crippen LogP contribution is -2.52. The number of hydroxylamine groups is 2. The fourth-order valence-electron chi connectivity index (χ4n) is 3.53. The molecular formula is C13H20BN4O4. The van der Waals surface area contributed by atoms with Gasteiger partial charge in [-0.15, -0.1) is 0 Å². The molecule has 0 aromatic rings. The van der Waals surface area contributed by atoms with Gasteiger partial charge in [0.25, 0.3) is 7.41 Å². The second kappa shape index (κ2) is 6.25. The molecule has 1 radical (unpaired) electrons. The number of nitrogens with one attached hydrogen (secondary N) is 1. The van der Waals surface area contributed by atoms with Gasteiger partial charge >= 0.3 is 6.03 Å². The highest BCUT2D eigenvalue weighted by Crippen LogP contribution is 2.30. The van der Waals surface area contributed by atoms with Gasteiger partial charge in [-0.2, -0.15) is 0 Å². The van der Waals surface area contributed by atoms with Crippen molar-refractivity contribution < 1.29 is 19.6 Å². The third-order valence-corrected chi connectivity index (χ3v) is 4.75. The average molecular weight is 307 g/mol. The number of rotatable bonds is 4. The SMILES string of the molecule is O=C[B]N1CCC[C@H](NC(=O)[C@@H]2C[C@@H]3CN2C(=O)N3O)CC1. The van der Waals surface area contributed by atoms with Crippen molar-refractivity contribution in [2.45, 2.75) is 43.8 Å². The van der Waals surface area contributed by atoms with Crippen molar-refractivity contribution in [2.75, 3.05) is 19.6 Å². The summed E-state index contributed by atoms with van der Waals surface area (Å²) >= 11 is 0. The normalized spacial score (nSPS) is 32.0. The number of carbonyl (C=O) groups is 3. The van der Waals surface area contributed by atoms with E-state index in [9.17, 15) is 19.6 Å². The molecule has 2 N–H and O–H groups in total. The van der Waals surface area contributed by atoms with Crippen molar-refractivity contribution in [3.05, 3.63) is 0 Å². The molecule has 0 unspecified atom stereocenters. The standard InChI is InChI=1S/C13H20BN4O4/c19-8-14-16-4-1-2-9(3-5-16)15-12(20)11-6-10-7-17(11)13(21)18(10)22/h8-11,22H,1-7H2,(H,15,20)/t9-,10+,11-/m0/s1. The molecule has 3 aliphatic rings. The summed E-state index contributed by atoms with van der Waals surface area (Å²) in [7, 11) is 1.54. The quantitative estimate of drug-likeness (QED) is 0.396. The lowest BCUT2D eigenvalue weighted by atomic mass is 9.94. The van der Waals surface area contributed by atoms with E-state index in [0.29, 0.717) is 13.0 Å². The van der Waals surface area contributed by atoms with E-state index in [2.05, 4.69) is 5.32 Å². The molecule has 2 bridgehead atoms. The van der Waals surface area contributed by atoms with Crippen molar-refractivity contribution >= 4 is 25.5 Å². The molecule has 3 atom stereocenters. The zero-order valence-electron chi connectivity index (χ0n) is 12.4. The molecule has 0 spiro atoms. The highest BCUT2D eigenvalue weighted by molar-refractivity contribution is 6.64. The van der Waals surface area contributed by atoms with Crippen LogP contribution in [-0.4, -0.2) is 83.3 Å². The smallest absolute Gasteiger partial charge is 0.344 e. The summed E-state index contributed by atoms with van der Waals surface area (Å²) in [6, 6.07) is -1.15. The molecule has 0 saturated carbocycles. The van der Waals surface area contributed by atoms with Gasteiger partial charge in [-0.05, 0) is 32.4 Å². The number of amides is 3. The highest BCUT2D eigenvalue weighted by Gasteiger charge is 2.51. The molecule has 3 aliphatic heterocycles.